The third kappa shape index (κ3) is 4.27. The Bertz CT molecular complexity index is 748. The van der Waals surface area contributed by atoms with Gasteiger partial charge in [0.1, 0.15) is 6.04 Å². The first-order valence-electron chi connectivity index (χ1n) is 8.68. The first kappa shape index (κ1) is 18.5. The van der Waals surface area contributed by atoms with Gasteiger partial charge in [-0.15, -0.1) is 0 Å². The summed E-state index contributed by atoms with van der Waals surface area (Å²) in [6.07, 6.45) is 5.85. The van der Waals surface area contributed by atoms with Crippen molar-refractivity contribution >= 4 is 38.9 Å². The van der Waals surface area contributed by atoms with Crippen molar-refractivity contribution in [2.75, 3.05) is 36.1 Å². The second kappa shape index (κ2) is 7.51. The van der Waals surface area contributed by atoms with Gasteiger partial charge in [0.25, 0.3) is 0 Å². The SMILES string of the molecule is CS(=O)(=O)N1CCC[C@@H]1C(=O)Nc1cc(Cl)ccc1N1CCCCC1. The van der Waals surface area contributed by atoms with Crippen molar-refractivity contribution in [1.82, 2.24) is 4.31 Å². The smallest absolute Gasteiger partial charge is 0.242 e. The van der Waals surface area contributed by atoms with Gasteiger partial charge < -0.3 is 10.2 Å². The Kier molecular flexibility index (Phi) is 5.55. The highest BCUT2D eigenvalue weighted by Gasteiger charge is 2.36. The summed E-state index contributed by atoms with van der Waals surface area (Å²) < 4.78 is 25.1. The topological polar surface area (TPSA) is 69.7 Å². The molecule has 1 aromatic carbocycles. The van der Waals surface area contributed by atoms with Crippen molar-refractivity contribution in [3.05, 3.63) is 23.2 Å². The van der Waals surface area contributed by atoms with Crippen LogP contribution >= 0.6 is 11.6 Å². The van der Waals surface area contributed by atoms with Crippen LogP contribution in [0.3, 0.4) is 0 Å². The molecular weight excluding hydrogens is 362 g/mol. The van der Waals surface area contributed by atoms with Gasteiger partial charge in [-0.3, -0.25) is 4.79 Å². The molecule has 8 heteroatoms. The zero-order valence-electron chi connectivity index (χ0n) is 14.4. The summed E-state index contributed by atoms with van der Waals surface area (Å²) in [5, 5.41) is 3.47. The maximum Gasteiger partial charge on any atom is 0.242 e. The van der Waals surface area contributed by atoms with E-state index in [1.54, 1.807) is 6.07 Å². The number of carbonyl (C=O) groups is 1. The summed E-state index contributed by atoms with van der Waals surface area (Å²) in [5.41, 5.74) is 1.60. The van der Waals surface area contributed by atoms with E-state index in [9.17, 15) is 13.2 Å². The molecule has 0 aromatic heterocycles. The molecule has 25 heavy (non-hydrogen) atoms. The molecule has 0 radical (unpaired) electrons. The van der Waals surface area contributed by atoms with E-state index in [-0.39, 0.29) is 5.91 Å². The Morgan fingerprint density at radius 1 is 1.16 bits per heavy atom. The van der Waals surface area contributed by atoms with Crippen LogP contribution in [-0.2, 0) is 14.8 Å². The van der Waals surface area contributed by atoms with Crippen LogP contribution in [0.2, 0.25) is 5.02 Å². The number of anilines is 2. The molecule has 1 aromatic rings. The average Bonchev–Trinajstić information content (AvgIpc) is 3.06. The summed E-state index contributed by atoms with van der Waals surface area (Å²) in [4.78, 5) is 15.0. The van der Waals surface area contributed by atoms with E-state index in [4.69, 9.17) is 11.6 Å². The van der Waals surface area contributed by atoms with Crippen molar-refractivity contribution in [3.63, 3.8) is 0 Å². The first-order chi connectivity index (χ1) is 11.9. The van der Waals surface area contributed by atoms with Crippen molar-refractivity contribution in [2.45, 2.75) is 38.1 Å². The highest BCUT2D eigenvalue weighted by Crippen LogP contribution is 2.32. The second-order valence-electron chi connectivity index (χ2n) is 6.73. The van der Waals surface area contributed by atoms with Crippen LogP contribution in [-0.4, -0.2) is 50.6 Å². The van der Waals surface area contributed by atoms with Crippen LogP contribution in [0.15, 0.2) is 18.2 Å². The second-order valence-corrected chi connectivity index (χ2v) is 9.10. The predicted octanol–water partition coefficient (Wildman–Crippen LogP) is 2.69. The molecule has 1 atom stereocenters. The number of hydrogen-bond donors (Lipinski definition) is 1. The fraction of sp³-hybridized carbons (Fsp3) is 0.588. The molecule has 2 saturated heterocycles. The molecule has 3 rings (SSSR count). The molecule has 0 aliphatic carbocycles. The molecule has 0 saturated carbocycles. The molecule has 1 amide bonds. The van der Waals surface area contributed by atoms with E-state index in [0.717, 1.165) is 37.9 Å². The van der Waals surface area contributed by atoms with Crippen LogP contribution in [0.5, 0.6) is 0 Å². The van der Waals surface area contributed by atoms with Gasteiger partial charge in [-0.2, -0.15) is 4.31 Å². The maximum absolute atomic E-state index is 12.7. The molecule has 6 nitrogen and oxygen atoms in total. The molecular formula is C17H24ClN3O3S. The summed E-state index contributed by atoms with van der Waals surface area (Å²) in [7, 11) is -3.39. The van der Waals surface area contributed by atoms with E-state index in [1.807, 2.05) is 12.1 Å². The van der Waals surface area contributed by atoms with E-state index in [2.05, 4.69) is 10.2 Å². The number of rotatable bonds is 4. The van der Waals surface area contributed by atoms with Gasteiger partial charge in [-0.05, 0) is 50.3 Å². The van der Waals surface area contributed by atoms with Crippen LogP contribution in [0.4, 0.5) is 11.4 Å². The highest BCUT2D eigenvalue weighted by atomic mass is 35.5. The van der Waals surface area contributed by atoms with Gasteiger partial charge >= 0.3 is 0 Å². The molecule has 0 spiro atoms. The van der Waals surface area contributed by atoms with Gasteiger partial charge in [0.2, 0.25) is 15.9 Å². The van der Waals surface area contributed by atoms with E-state index in [0.29, 0.717) is 30.1 Å². The first-order valence-corrected chi connectivity index (χ1v) is 10.9. The number of nitrogens with zero attached hydrogens (tertiary/aromatic N) is 2. The highest BCUT2D eigenvalue weighted by molar-refractivity contribution is 7.88. The molecule has 0 bridgehead atoms. The summed E-state index contributed by atoms with van der Waals surface area (Å²) in [5.74, 6) is -0.288. The largest absolute Gasteiger partial charge is 0.370 e. The number of amides is 1. The van der Waals surface area contributed by atoms with Crippen LogP contribution in [0, 0.1) is 0 Å². The molecule has 1 N–H and O–H groups in total. The van der Waals surface area contributed by atoms with Gasteiger partial charge in [-0.1, -0.05) is 11.6 Å². The van der Waals surface area contributed by atoms with Crippen molar-refractivity contribution in [1.29, 1.82) is 0 Å². The summed E-state index contributed by atoms with van der Waals surface area (Å²) in [6.45, 7) is 2.29. The minimum Gasteiger partial charge on any atom is -0.370 e. The van der Waals surface area contributed by atoms with Crippen molar-refractivity contribution < 1.29 is 13.2 Å². The molecule has 2 fully saturated rings. The number of carbonyl (C=O) groups excluding carboxylic acids is 1. The molecule has 2 aliphatic heterocycles. The Balaban J connectivity index is 1.82. The predicted molar refractivity (Wildman–Crippen MR) is 101 cm³/mol. The lowest BCUT2D eigenvalue weighted by atomic mass is 10.1. The third-order valence-electron chi connectivity index (χ3n) is 4.85. The number of sulfonamides is 1. The van der Waals surface area contributed by atoms with E-state index >= 15 is 0 Å². The minimum atomic E-state index is -3.39. The Morgan fingerprint density at radius 2 is 1.88 bits per heavy atom. The fourth-order valence-electron chi connectivity index (χ4n) is 3.63. The third-order valence-corrected chi connectivity index (χ3v) is 6.37. The lowest BCUT2D eigenvalue weighted by Gasteiger charge is -2.31. The van der Waals surface area contributed by atoms with E-state index < -0.39 is 16.1 Å². The Labute approximate surface area is 154 Å². The average molecular weight is 386 g/mol. The summed E-state index contributed by atoms with van der Waals surface area (Å²) >= 11 is 6.12. The zero-order valence-corrected chi connectivity index (χ0v) is 15.9. The normalized spacial score (nSPS) is 22.2. The quantitative estimate of drug-likeness (QED) is 0.865. The maximum atomic E-state index is 12.7. The minimum absolute atomic E-state index is 0.288. The number of hydrogen-bond acceptors (Lipinski definition) is 4. The standard InChI is InChI=1S/C17H24ClN3O3S/c1-25(23,24)21-11-5-6-16(21)17(22)19-14-12-13(18)7-8-15(14)20-9-3-2-4-10-20/h7-8,12,16H,2-6,9-11H2,1H3,(H,19,22)/t16-/m1/s1. The van der Waals surface area contributed by atoms with Crippen molar-refractivity contribution in [2.24, 2.45) is 0 Å². The van der Waals surface area contributed by atoms with Crippen LogP contribution in [0.1, 0.15) is 32.1 Å². The summed E-state index contributed by atoms with van der Waals surface area (Å²) in [6, 6.07) is 4.83. The van der Waals surface area contributed by atoms with Gasteiger partial charge in [-0.25, -0.2) is 8.42 Å². The number of nitrogens with one attached hydrogen (secondary N) is 1. The van der Waals surface area contributed by atoms with Crippen molar-refractivity contribution in [3.8, 4) is 0 Å². The monoisotopic (exact) mass is 385 g/mol. The Hall–Kier alpha value is -1.31. The van der Waals surface area contributed by atoms with Gasteiger partial charge in [0, 0.05) is 24.7 Å². The zero-order chi connectivity index (χ0) is 18.0. The Morgan fingerprint density at radius 3 is 2.56 bits per heavy atom. The lowest BCUT2D eigenvalue weighted by Crippen LogP contribution is -2.42. The fourth-order valence-corrected chi connectivity index (χ4v) is 4.93. The number of benzene rings is 1. The van der Waals surface area contributed by atoms with Crippen LogP contribution < -0.4 is 10.2 Å². The number of piperidine rings is 1. The van der Waals surface area contributed by atoms with Crippen LogP contribution in [0.25, 0.3) is 0 Å². The van der Waals surface area contributed by atoms with Gasteiger partial charge in [0.15, 0.2) is 0 Å². The molecule has 0 unspecified atom stereocenters. The molecule has 2 aliphatic rings. The number of halogens is 1. The molecule has 138 valence electrons. The lowest BCUT2D eigenvalue weighted by molar-refractivity contribution is -0.119. The molecule has 2 heterocycles. The van der Waals surface area contributed by atoms with Gasteiger partial charge in [0.05, 0.1) is 17.6 Å². The van der Waals surface area contributed by atoms with E-state index in [1.165, 1.54) is 10.7 Å².